The first-order chi connectivity index (χ1) is 9.11. The molecule has 1 aromatic carbocycles. The summed E-state index contributed by atoms with van der Waals surface area (Å²) in [4.78, 5) is 8.43. The van der Waals surface area contributed by atoms with Gasteiger partial charge in [0.25, 0.3) is 0 Å². The highest BCUT2D eigenvalue weighted by Crippen LogP contribution is 2.28. The first kappa shape index (κ1) is 14.2. The van der Waals surface area contributed by atoms with Crippen molar-refractivity contribution in [1.29, 1.82) is 0 Å². The molecule has 0 amide bonds. The molecule has 0 aliphatic heterocycles. The van der Waals surface area contributed by atoms with E-state index < -0.39 is 0 Å². The zero-order chi connectivity index (χ0) is 13.8. The molecule has 4 nitrogen and oxygen atoms in total. The standard InChI is InChI=1S/C13H14Cl2N4/c1-8-17-6-5-11(18-8)12(19-16)7-9-3-2-4-10(14)13(9)15/h2-6,12,19H,7,16H2,1H3. The summed E-state index contributed by atoms with van der Waals surface area (Å²) in [6.45, 7) is 1.84. The van der Waals surface area contributed by atoms with Crippen molar-refractivity contribution < 1.29 is 0 Å². The van der Waals surface area contributed by atoms with Crippen LogP contribution in [0.5, 0.6) is 0 Å². The van der Waals surface area contributed by atoms with Gasteiger partial charge < -0.3 is 0 Å². The fraction of sp³-hybridized carbons (Fsp3) is 0.231. The van der Waals surface area contributed by atoms with E-state index in [9.17, 15) is 0 Å². The summed E-state index contributed by atoms with van der Waals surface area (Å²) in [5.41, 5.74) is 4.50. The Bertz CT molecular complexity index is 574. The maximum absolute atomic E-state index is 6.18. The first-order valence-electron chi connectivity index (χ1n) is 5.80. The second kappa shape index (κ2) is 6.30. The fourth-order valence-electron chi connectivity index (χ4n) is 1.84. The maximum Gasteiger partial charge on any atom is 0.125 e. The Labute approximate surface area is 121 Å². The van der Waals surface area contributed by atoms with Gasteiger partial charge in [0.05, 0.1) is 21.8 Å². The molecule has 6 heteroatoms. The lowest BCUT2D eigenvalue weighted by Gasteiger charge is -2.16. The molecular formula is C13H14Cl2N4. The average Bonchev–Trinajstić information content (AvgIpc) is 2.40. The molecule has 1 aromatic heterocycles. The third kappa shape index (κ3) is 3.42. The van der Waals surface area contributed by atoms with E-state index >= 15 is 0 Å². The van der Waals surface area contributed by atoms with Crippen LogP contribution in [0.4, 0.5) is 0 Å². The zero-order valence-corrected chi connectivity index (χ0v) is 11.9. The topological polar surface area (TPSA) is 63.8 Å². The molecular weight excluding hydrogens is 283 g/mol. The van der Waals surface area contributed by atoms with Crippen LogP contribution in [0.3, 0.4) is 0 Å². The van der Waals surface area contributed by atoms with E-state index in [0.717, 1.165) is 11.3 Å². The number of nitrogens with two attached hydrogens (primary N) is 1. The van der Waals surface area contributed by atoms with Crippen LogP contribution in [0, 0.1) is 6.92 Å². The van der Waals surface area contributed by atoms with Gasteiger partial charge in [-0.05, 0) is 31.0 Å². The Morgan fingerprint density at radius 2 is 2.11 bits per heavy atom. The van der Waals surface area contributed by atoms with E-state index in [-0.39, 0.29) is 6.04 Å². The smallest absolute Gasteiger partial charge is 0.125 e. The summed E-state index contributed by atoms with van der Waals surface area (Å²) in [7, 11) is 0. The summed E-state index contributed by atoms with van der Waals surface area (Å²) in [5, 5.41) is 1.09. The van der Waals surface area contributed by atoms with E-state index in [0.29, 0.717) is 22.3 Å². The van der Waals surface area contributed by atoms with E-state index in [2.05, 4.69) is 15.4 Å². The Morgan fingerprint density at radius 1 is 1.32 bits per heavy atom. The van der Waals surface area contributed by atoms with Gasteiger partial charge in [0, 0.05) is 6.20 Å². The monoisotopic (exact) mass is 296 g/mol. The minimum absolute atomic E-state index is 0.141. The van der Waals surface area contributed by atoms with Gasteiger partial charge in [-0.25, -0.2) is 9.97 Å². The number of benzene rings is 1. The minimum Gasteiger partial charge on any atom is -0.271 e. The van der Waals surface area contributed by atoms with Crippen LogP contribution < -0.4 is 11.3 Å². The fourth-order valence-corrected chi connectivity index (χ4v) is 2.24. The predicted molar refractivity (Wildman–Crippen MR) is 77.0 cm³/mol. The van der Waals surface area contributed by atoms with Crippen molar-refractivity contribution in [2.24, 2.45) is 5.84 Å². The number of hydrogen-bond donors (Lipinski definition) is 2. The highest BCUT2D eigenvalue weighted by molar-refractivity contribution is 6.42. The Balaban J connectivity index is 2.26. The number of halogens is 2. The van der Waals surface area contributed by atoms with Crippen LogP contribution in [-0.2, 0) is 6.42 Å². The molecule has 0 fully saturated rings. The lowest BCUT2D eigenvalue weighted by Crippen LogP contribution is -2.30. The van der Waals surface area contributed by atoms with Gasteiger partial charge >= 0.3 is 0 Å². The van der Waals surface area contributed by atoms with Gasteiger partial charge in [0.1, 0.15) is 5.82 Å². The highest BCUT2D eigenvalue weighted by atomic mass is 35.5. The van der Waals surface area contributed by atoms with Crippen LogP contribution in [-0.4, -0.2) is 9.97 Å². The molecule has 2 rings (SSSR count). The lowest BCUT2D eigenvalue weighted by atomic mass is 10.0. The second-order valence-corrected chi connectivity index (χ2v) is 4.95. The molecule has 0 aliphatic carbocycles. The molecule has 1 unspecified atom stereocenters. The predicted octanol–water partition coefficient (Wildman–Crippen LogP) is 2.84. The van der Waals surface area contributed by atoms with Crippen molar-refractivity contribution in [1.82, 2.24) is 15.4 Å². The molecule has 0 saturated carbocycles. The van der Waals surface area contributed by atoms with Crippen molar-refractivity contribution in [3.8, 4) is 0 Å². The number of rotatable bonds is 4. The first-order valence-corrected chi connectivity index (χ1v) is 6.56. The third-order valence-corrected chi connectivity index (χ3v) is 3.67. The van der Waals surface area contributed by atoms with Crippen molar-refractivity contribution in [3.05, 3.63) is 57.6 Å². The van der Waals surface area contributed by atoms with E-state index in [4.69, 9.17) is 29.0 Å². The van der Waals surface area contributed by atoms with Crippen LogP contribution in [0.15, 0.2) is 30.5 Å². The van der Waals surface area contributed by atoms with Gasteiger partial charge in [-0.15, -0.1) is 0 Å². The van der Waals surface area contributed by atoms with Crippen molar-refractivity contribution in [2.45, 2.75) is 19.4 Å². The summed E-state index contributed by atoms with van der Waals surface area (Å²) in [6, 6.07) is 7.23. The molecule has 0 saturated heterocycles. The molecule has 0 radical (unpaired) electrons. The van der Waals surface area contributed by atoms with Crippen LogP contribution >= 0.6 is 23.2 Å². The molecule has 19 heavy (non-hydrogen) atoms. The largest absolute Gasteiger partial charge is 0.271 e. The van der Waals surface area contributed by atoms with Gasteiger partial charge in [-0.2, -0.15) is 0 Å². The number of nitrogens with one attached hydrogen (secondary N) is 1. The zero-order valence-electron chi connectivity index (χ0n) is 10.4. The van der Waals surface area contributed by atoms with E-state index in [1.54, 1.807) is 12.3 Å². The van der Waals surface area contributed by atoms with Crippen molar-refractivity contribution >= 4 is 23.2 Å². The van der Waals surface area contributed by atoms with Crippen molar-refractivity contribution in [2.75, 3.05) is 0 Å². The Hall–Kier alpha value is -1.20. The second-order valence-electron chi connectivity index (χ2n) is 4.17. The van der Waals surface area contributed by atoms with Crippen LogP contribution in [0.25, 0.3) is 0 Å². The van der Waals surface area contributed by atoms with Crippen molar-refractivity contribution in [3.63, 3.8) is 0 Å². The quantitative estimate of drug-likeness (QED) is 0.673. The average molecular weight is 297 g/mol. The van der Waals surface area contributed by atoms with E-state index in [1.165, 1.54) is 0 Å². The molecule has 0 spiro atoms. The lowest BCUT2D eigenvalue weighted by molar-refractivity contribution is 0.535. The minimum atomic E-state index is -0.141. The highest BCUT2D eigenvalue weighted by Gasteiger charge is 2.15. The molecule has 0 aliphatic rings. The SMILES string of the molecule is Cc1nccc(C(Cc2cccc(Cl)c2Cl)NN)n1. The molecule has 1 atom stereocenters. The molecule has 0 bridgehead atoms. The van der Waals surface area contributed by atoms with Gasteiger partial charge in [0.2, 0.25) is 0 Å². The van der Waals surface area contributed by atoms with Gasteiger partial charge in [-0.3, -0.25) is 11.3 Å². The van der Waals surface area contributed by atoms with Gasteiger partial charge in [0.15, 0.2) is 0 Å². The number of aromatic nitrogens is 2. The number of hydrogen-bond acceptors (Lipinski definition) is 4. The molecule has 2 aromatic rings. The third-order valence-electron chi connectivity index (χ3n) is 2.81. The summed E-state index contributed by atoms with van der Waals surface area (Å²) in [6.07, 6.45) is 2.31. The maximum atomic E-state index is 6.18. The van der Waals surface area contributed by atoms with Crippen LogP contribution in [0.1, 0.15) is 23.1 Å². The van der Waals surface area contributed by atoms with Gasteiger partial charge in [-0.1, -0.05) is 35.3 Å². The Morgan fingerprint density at radius 3 is 2.79 bits per heavy atom. The van der Waals surface area contributed by atoms with E-state index in [1.807, 2.05) is 25.1 Å². The molecule has 1 heterocycles. The number of aryl methyl sites for hydroxylation is 1. The number of nitrogens with zero attached hydrogens (tertiary/aromatic N) is 2. The summed E-state index contributed by atoms with van der Waals surface area (Å²) >= 11 is 12.2. The summed E-state index contributed by atoms with van der Waals surface area (Å²) < 4.78 is 0. The normalized spacial score (nSPS) is 12.4. The van der Waals surface area contributed by atoms with Crippen LogP contribution in [0.2, 0.25) is 10.0 Å². The number of hydrazine groups is 1. The molecule has 3 N–H and O–H groups in total. The Kier molecular flexibility index (Phi) is 4.71. The molecule has 100 valence electrons. The summed E-state index contributed by atoms with van der Waals surface area (Å²) in [5.74, 6) is 6.31.